The Labute approximate surface area is 205 Å². The molecule has 9 nitrogen and oxygen atoms in total. The van der Waals surface area contributed by atoms with Crippen LogP contribution in [0.1, 0.15) is 39.1 Å². The zero-order valence-electron chi connectivity index (χ0n) is 19.8. The first-order valence-corrected chi connectivity index (χ1v) is 13.4. The molecule has 1 fully saturated rings. The number of fused-ring (bicyclic) bond motifs is 1. The second kappa shape index (κ2) is 10.6. The van der Waals surface area contributed by atoms with Crippen molar-refractivity contribution in [3.8, 4) is 0 Å². The fraction of sp³-hybridized carbons (Fsp3) is 0.400. The van der Waals surface area contributed by atoms with Crippen molar-refractivity contribution in [2.24, 2.45) is 0 Å². The van der Waals surface area contributed by atoms with Gasteiger partial charge in [-0.15, -0.1) is 0 Å². The molecule has 1 saturated heterocycles. The van der Waals surface area contributed by atoms with Crippen molar-refractivity contribution in [2.45, 2.75) is 19.8 Å². The van der Waals surface area contributed by atoms with Gasteiger partial charge in [-0.3, -0.25) is 19.3 Å². The molecule has 0 bridgehead atoms. The summed E-state index contributed by atoms with van der Waals surface area (Å²) in [7, 11) is -3.41. The van der Waals surface area contributed by atoms with Crippen molar-refractivity contribution >= 4 is 33.4 Å². The first-order chi connectivity index (χ1) is 16.8. The van der Waals surface area contributed by atoms with Crippen molar-refractivity contribution < 1.29 is 22.8 Å². The molecule has 0 radical (unpaired) electrons. The smallest absolute Gasteiger partial charge is 0.261 e. The normalized spacial score (nSPS) is 16.5. The lowest BCUT2D eigenvalue weighted by molar-refractivity contribution is -0.121. The molecule has 0 unspecified atom stereocenters. The standard InChI is InChI=1S/C25H30N4O5S/c1-19-6-4-7-20(18-19)27-13-15-28(16-14-27)35(33,34)17-5-11-26-23(30)10-12-29-24(31)21-8-2-3-9-22(21)25(29)32/h2-4,6-9,18H,5,10-17H2,1H3,(H,26,30). The molecule has 2 aliphatic heterocycles. The highest BCUT2D eigenvalue weighted by Crippen LogP contribution is 2.22. The number of anilines is 1. The van der Waals surface area contributed by atoms with Crippen LogP contribution in [0.15, 0.2) is 48.5 Å². The number of piperazine rings is 1. The van der Waals surface area contributed by atoms with Gasteiger partial charge in [0.05, 0.1) is 16.9 Å². The van der Waals surface area contributed by atoms with Gasteiger partial charge in [-0.25, -0.2) is 8.42 Å². The van der Waals surface area contributed by atoms with Gasteiger partial charge in [-0.1, -0.05) is 24.3 Å². The number of hydrogen-bond donors (Lipinski definition) is 1. The van der Waals surface area contributed by atoms with E-state index in [-0.39, 0.29) is 31.2 Å². The highest BCUT2D eigenvalue weighted by atomic mass is 32.2. The molecule has 1 N–H and O–H groups in total. The van der Waals surface area contributed by atoms with Crippen molar-refractivity contribution in [3.05, 3.63) is 65.2 Å². The van der Waals surface area contributed by atoms with Crippen LogP contribution in [-0.2, 0) is 14.8 Å². The molecule has 0 spiro atoms. The maximum Gasteiger partial charge on any atom is 0.261 e. The van der Waals surface area contributed by atoms with E-state index in [1.54, 1.807) is 24.3 Å². The predicted octanol–water partition coefficient (Wildman–Crippen LogP) is 1.64. The molecule has 0 atom stereocenters. The van der Waals surface area contributed by atoms with Crippen LogP contribution < -0.4 is 10.2 Å². The zero-order valence-corrected chi connectivity index (χ0v) is 20.6. The van der Waals surface area contributed by atoms with Gasteiger partial charge < -0.3 is 10.2 Å². The Balaban J connectivity index is 1.16. The number of imide groups is 1. The van der Waals surface area contributed by atoms with Crippen LogP contribution in [0.2, 0.25) is 0 Å². The van der Waals surface area contributed by atoms with Gasteiger partial charge in [0.25, 0.3) is 11.8 Å². The lowest BCUT2D eigenvalue weighted by atomic mass is 10.1. The lowest BCUT2D eigenvalue weighted by Gasteiger charge is -2.35. The topological polar surface area (TPSA) is 107 Å². The minimum absolute atomic E-state index is 0.0122. The van der Waals surface area contributed by atoms with Gasteiger partial charge in [-0.05, 0) is 43.2 Å². The quantitative estimate of drug-likeness (QED) is 0.416. The maximum atomic E-state index is 12.7. The van der Waals surface area contributed by atoms with Crippen molar-refractivity contribution in [1.29, 1.82) is 0 Å². The fourth-order valence-corrected chi connectivity index (χ4v) is 5.89. The van der Waals surface area contributed by atoms with Gasteiger partial charge >= 0.3 is 0 Å². The Morgan fingerprint density at radius 2 is 1.60 bits per heavy atom. The van der Waals surface area contributed by atoms with Crippen molar-refractivity contribution in [3.63, 3.8) is 0 Å². The lowest BCUT2D eigenvalue weighted by Crippen LogP contribution is -2.49. The monoisotopic (exact) mass is 498 g/mol. The number of aryl methyl sites for hydroxylation is 1. The number of hydrogen-bond acceptors (Lipinski definition) is 6. The average molecular weight is 499 g/mol. The fourth-order valence-electron chi connectivity index (χ4n) is 4.40. The summed E-state index contributed by atoms with van der Waals surface area (Å²) in [5, 5.41) is 2.69. The van der Waals surface area contributed by atoms with Crippen molar-refractivity contribution in [1.82, 2.24) is 14.5 Å². The predicted molar refractivity (Wildman–Crippen MR) is 133 cm³/mol. The number of benzene rings is 2. The highest BCUT2D eigenvalue weighted by Gasteiger charge is 2.35. The summed E-state index contributed by atoms with van der Waals surface area (Å²) in [5.74, 6) is -1.17. The molecule has 2 aromatic rings. The highest BCUT2D eigenvalue weighted by molar-refractivity contribution is 7.89. The second-order valence-corrected chi connectivity index (χ2v) is 10.9. The van der Waals surface area contributed by atoms with Crippen LogP contribution in [0.3, 0.4) is 0 Å². The van der Waals surface area contributed by atoms with Gasteiger partial charge in [0.15, 0.2) is 0 Å². The summed E-state index contributed by atoms with van der Waals surface area (Å²) in [5.41, 5.74) is 2.97. The minimum atomic E-state index is -3.41. The third kappa shape index (κ3) is 5.71. The summed E-state index contributed by atoms with van der Waals surface area (Å²) in [4.78, 5) is 40.2. The molecule has 3 amide bonds. The van der Waals surface area contributed by atoms with Gasteiger partial charge in [0.2, 0.25) is 15.9 Å². The molecule has 2 aliphatic rings. The first-order valence-electron chi connectivity index (χ1n) is 11.8. The van der Waals surface area contributed by atoms with Gasteiger partial charge in [0, 0.05) is 51.4 Å². The summed E-state index contributed by atoms with van der Waals surface area (Å²) in [6.45, 7) is 4.37. The Morgan fingerprint density at radius 3 is 2.23 bits per heavy atom. The molecule has 186 valence electrons. The number of sulfonamides is 1. The van der Waals surface area contributed by atoms with E-state index in [2.05, 4.69) is 16.3 Å². The number of nitrogens with one attached hydrogen (secondary N) is 1. The summed E-state index contributed by atoms with van der Waals surface area (Å²) in [6.07, 6.45) is 0.262. The van der Waals surface area contributed by atoms with E-state index in [1.807, 2.05) is 25.1 Å². The Morgan fingerprint density at radius 1 is 0.943 bits per heavy atom. The second-order valence-electron chi connectivity index (χ2n) is 8.80. The zero-order chi connectivity index (χ0) is 25.0. The number of carbonyl (C=O) groups is 3. The van der Waals surface area contributed by atoms with Gasteiger partial charge in [-0.2, -0.15) is 4.31 Å². The third-order valence-corrected chi connectivity index (χ3v) is 8.30. The Bertz CT molecular complexity index is 1190. The number of carbonyl (C=O) groups excluding carboxylic acids is 3. The Hall–Kier alpha value is -3.24. The van der Waals surface area contributed by atoms with Crippen molar-refractivity contribution in [2.75, 3.05) is 49.9 Å². The summed E-state index contributed by atoms with van der Waals surface area (Å²) in [6, 6.07) is 14.7. The van der Waals surface area contributed by atoms with Crippen LogP contribution in [-0.4, -0.2) is 80.4 Å². The van der Waals surface area contributed by atoms with Crippen LogP contribution in [0.4, 0.5) is 5.69 Å². The van der Waals surface area contributed by atoms with E-state index in [0.29, 0.717) is 43.7 Å². The van der Waals surface area contributed by atoms with E-state index < -0.39 is 21.8 Å². The van der Waals surface area contributed by atoms with E-state index in [0.717, 1.165) is 10.6 Å². The SMILES string of the molecule is Cc1cccc(N2CCN(S(=O)(=O)CCCNC(=O)CCN3C(=O)c4ccccc4C3=O)CC2)c1. The molecular weight excluding hydrogens is 468 g/mol. The first kappa shape index (κ1) is 24.9. The molecule has 35 heavy (non-hydrogen) atoms. The summed E-state index contributed by atoms with van der Waals surface area (Å²) < 4.78 is 27.0. The van der Waals surface area contributed by atoms with E-state index in [4.69, 9.17) is 0 Å². The summed E-state index contributed by atoms with van der Waals surface area (Å²) >= 11 is 0. The maximum absolute atomic E-state index is 12.7. The number of nitrogens with zero attached hydrogens (tertiary/aromatic N) is 3. The Kier molecular flexibility index (Phi) is 7.51. The molecule has 0 aromatic heterocycles. The molecule has 2 heterocycles. The van der Waals surface area contributed by atoms with Crippen LogP contribution in [0, 0.1) is 6.92 Å². The van der Waals surface area contributed by atoms with E-state index in [1.165, 1.54) is 9.87 Å². The number of amides is 3. The molecule has 10 heteroatoms. The molecule has 0 aliphatic carbocycles. The van der Waals surface area contributed by atoms with Crippen LogP contribution >= 0.6 is 0 Å². The minimum Gasteiger partial charge on any atom is -0.369 e. The number of rotatable bonds is 9. The molecule has 0 saturated carbocycles. The van der Waals surface area contributed by atoms with Crippen LogP contribution in [0.5, 0.6) is 0 Å². The largest absolute Gasteiger partial charge is 0.369 e. The molecular formula is C25H30N4O5S. The average Bonchev–Trinajstić information content (AvgIpc) is 3.10. The van der Waals surface area contributed by atoms with Crippen LogP contribution in [0.25, 0.3) is 0 Å². The molecule has 2 aromatic carbocycles. The third-order valence-electron chi connectivity index (χ3n) is 6.34. The van der Waals surface area contributed by atoms with E-state index in [9.17, 15) is 22.8 Å². The van der Waals surface area contributed by atoms with Gasteiger partial charge in [0.1, 0.15) is 0 Å². The van der Waals surface area contributed by atoms with E-state index >= 15 is 0 Å². The molecule has 4 rings (SSSR count).